The average Bonchev–Trinajstić information content (AvgIpc) is 2.64. The zero-order chi connectivity index (χ0) is 11.7. The van der Waals surface area contributed by atoms with E-state index in [0.29, 0.717) is 5.82 Å². The van der Waals surface area contributed by atoms with Gasteiger partial charge in [-0.1, -0.05) is 23.7 Å². The van der Waals surface area contributed by atoms with Crippen molar-refractivity contribution in [3.05, 3.63) is 35.4 Å². The second-order valence-corrected chi connectivity index (χ2v) is 4.66. The number of anilines is 1. The Balaban J connectivity index is 2.00. The highest BCUT2D eigenvalue weighted by Gasteiger charge is 2.11. The molecule has 0 fully saturated rings. The lowest BCUT2D eigenvalue weighted by atomic mass is 9.99. The van der Waals surface area contributed by atoms with Gasteiger partial charge in [0.2, 0.25) is 0 Å². The molecule has 2 N–H and O–H groups in total. The molecule has 3 rings (SSSR count). The Labute approximate surface area is 101 Å². The normalized spacial score (nSPS) is 15.3. The molecule has 0 spiro atoms. The lowest BCUT2D eigenvalue weighted by Gasteiger charge is -2.06. The van der Waals surface area contributed by atoms with E-state index in [1.165, 1.54) is 43.2 Å². The lowest BCUT2D eigenvalue weighted by molar-refractivity contribution is 0.436. The number of benzene rings is 1. The van der Waals surface area contributed by atoms with Gasteiger partial charge >= 0.3 is 0 Å². The molecule has 0 atom stereocenters. The third-order valence-corrected chi connectivity index (χ3v) is 3.41. The first-order valence-corrected chi connectivity index (χ1v) is 6.17. The van der Waals surface area contributed by atoms with Crippen molar-refractivity contribution >= 4 is 5.82 Å². The molecule has 1 aromatic heterocycles. The molecule has 0 amide bonds. The third kappa shape index (κ3) is 2.05. The molecule has 1 aliphatic carbocycles. The number of hydrogen-bond donors (Lipinski definition) is 1. The van der Waals surface area contributed by atoms with Gasteiger partial charge in [0.05, 0.1) is 0 Å². The summed E-state index contributed by atoms with van der Waals surface area (Å²) in [5, 5.41) is 3.73. The van der Waals surface area contributed by atoms with Gasteiger partial charge in [0.15, 0.2) is 11.6 Å². The molecule has 3 heteroatoms. The van der Waals surface area contributed by atoms with Crippen molar-refractivity contribution in [1.82, 2.24) is 5.16 Å². The molecule has 0 saturated carbocycles. The Kier molecular flexibility index (Phi) is 2.59. The van der Waals surface area contributed by atoms with Crippen molar-refractivity contribution in [3.63, 3.8) is 0 Å². The van der Waals surface area contributed by atoms with Crippen LogP contribution in [0, 0.1) is 0 Å². The van der Waals surface area contributed by atoms with Crippen LogP contribution >= 0.6 is 0 Å². The smallest absolute Gasteiger partial charge is 0.169 e. The summed E-state index contributed by atoms with van der Waals surface area (Å²) in [6.07, 6.45) is 6.30. The van der Waals surface area contributed by atoms with Crippen LogP contribution in [0.5, 0.6) is 0 Å². The van der Waals surface area contributed by atoms with E-state index < -0.39 is 0 Å². The molecule has 88 valence electrons. The predicted octanol–water partition coefficient (Wildman–Crippen LogP) is 3.19. The number of fused-ring (bicyclic) bond motifs is 1. The van der Waals surface area contributed by atoms with E-state index >= 15 is 0 Å². The van der Waals surface area contributed by atoms with Gasteiger partial charge < -0.3 is 10.3 Å². The molecular formula is C14H16N2O. The van der Waals surface area contributed by atoms with E-state index in [9.17, 15) is 0 Å². The Morgan fingerprint density at radius 1 is 1.00 bits per heavy atom. The fourth-order valence-electron chi connectivity index (χ4n) is 2.49. The van der Waals surface area contributed by atoms with Gasteiger partial charge in [0.25, 0.3) is 0 Å². The zero-order valence-electron chi connectivity index (χ0n) is 9.78. The molecular weight excluding hydrogens is 212 g/mol. The summed E-state index contributed by atoms with van der Waals surface area (Å²) >= 11 is 0. The molecule has 17 heavy (non-hydrogen) atoms. The molecule has 0 radical (unpaired) electrons. The first-order chi connectivity index (χ1) is 8.33. The van der Waals surface area contributed by atoms with Crippen molar-refractivity contribution in [2.45, 2.75) is 32.1 Å². The summed E-state index contributed by atoms with van der Waals surface area (Å²) in [6, 6.07) is 8.32. The SMILES string of the molecule is Nc1cc(-c2ccc3c(c2)CCCCC3)on1. The van der Waals surface area contributed by atoms with Crippen LogP contribution in [-0.2, 0) is 12.8 Å². The van der Waals surface area contributed by atoms with Crippen molar-refractivity contribution in [1.29, 1.82) is 0 Å². The minimum absolute atomic E-state index is 0.440. The van der Waals surface area contributed by atoms with E-state index in [2.05, 4.69) is 23.4 Å². The topological polar surface area (TPSA) is 52.0 Å². The van der Waals surface area contributed by atoms with Crippen LogP contribution in [-0.4, -0.2) is 5.16 Å². The molecule has 1 aromatic carbocycles. The number of nitrogens with zero attached hydrogens (tertiary/aromatic N) is 1. The maximum Gasteiger partial charge on any atom is 0.169 e. The largest absolute Gasteiger partial charge is 0.381 e. The van der Waals surface area contributed by atoms with Gasteiger partial charge in [0, 0.05) is 11.6 Å². The van der Waals surface area contributed by atoms with Crippen molar-refractivity contribution in [2.24, 2.45) is 0 Å². The van der Waals surface area contributed by atoms with Gasteiger partial charge in [-0.3, -0.25) is 0 Å². The van der Waals surface area contributed by atoms with Gasteiger partial charge in [-0.2, -0.15) is 0 Å². The van der Waals surface area contributed by atoms with Crippen molar-refractivity contribution in [3.8, 4) is 11.3 Å². The highest BCUT2D eigenvalue weighted by atomic mass is 16.5. The van der Waals surface area contributed by atoms with E-state index in [4.69, 9.17) is 10.3 Å². The van der Waals surface area contributed by atoms with E-state index in [0.717, 1.165) is 11.3 Å². The van der Waals surface area contributed by atoms with Gasteiger partial charge in [0.1, 0.15) is 0 Å². The Morgan fingerprint density at radius 2 is 1.82 bits per heavy atom. The van der Waals surface area contributed by atoms with Gasteiger partial charge in [-0.15, -0.1) is 0 Å². The zero-order valence-corrected chi connectivity index (χ0v) is 9.78. The molecule has 1 heterocycles. The van der Waals surface area contributed by atoms with Crippen LogP contribution < -0.4 is 5.73 Å². The van der Waals surface area contributed by atoms with Crippen LogP contribution in [0.1, 0.15) is 30.4 Å². The monoisotopic (exact) mass is 228 g/mol. The summed E-state index contributed by atoms with van der Waals surface area (Å²) in [5.74, 6) is 1.20. The van der Waals surface area contributed by atoms with Gasteiger partial charge in [-0.05, 0) is 42.9 Å². The van der Waals surface area contributed by atoms with Crippen LogP contribution in [0.3, 0.4) is 0 Å². The summed E-state index contributed by atoms with van der Waals surface area (Å²) < 4.78 is 5.20. The Bertz CT molecular complexity index is 531. The number of aryl methyl sites for hydroxylation is 2. The standard InChI is InChI=1S/C14H16N2O/c15-14-9-13(17-16-14)12-7-6-10-4-2-1-3-5-11(10)8-12/h6-9H,1-5H2,(H2,15,16). The number of aromatic nitrogens is 1. The predicted molar refractivity (Wildman–Crippen MR) is 67.6 cm³/mol. The van der Waals surface area contributed by atoms with E-state index in [1.54, 1.807) is 6.07 Å². The third-order valence-electron chi connectivity index (χ3n) is 3.41. The lowest BCUT2D eigenvalue weighted by Crippen LogP contribution is -1.91. The molecule has 3 nitrogen and oxygen atoms in total. The van der Waals surface area contributed by atoms with E-state index in [1.807, 2.05) is 0 Å². The molecule has 1 aliphatic rings. The maximum absolute atomic E-state index is 5.57. The maximum atomic E-state index is 5.57. The van der Waals surface area contributed by atoms with Crippen molar-refractivity contribution < 1.29 is 4.52 Å². The summed E-state index contributed by atoms with van der Waals surface area (Å²) in [4.78, 5) is 0. The Morgan fingerprint density at radius 3 is 2.59 bits per heavy atom. The number of nitrogen functional groups attached to an aromatic ring is 1. The first-order valence-electron chi connectivity index (χ1n) is 6.17. The minimum Gasteiger partial charge on any atom is -0.381 e. The number of rotatable bonds is 1. The highest BCUT2D eigenvalue weighted by molar-refractivity contribution is 5.61. The molecule has 2 aromatic rings. The molecule has 0 unspecified atom stereocenters. The summed E-state index contributed by atoms with van der Waals surface area (Å²) in [7, 11) is 0. The number of nitrogens with two attached hydrogens (primary N) is 1. The molecule has 0 aliphatic heterocycles. The van der Waals surface area contributed by atoms with Crippen LogP contribution in [0.4, 0.5) is 5.82 Å². The van der Waals surface area contributed by atoms with E-state index in [-0.39, 0.29) is 0 Å². The average molecular weight is 228 g/mol. The van der Waals surface area contributed by atoms with Crippen LogP contribution in [0.2, 0.25) is 0 Å². The second kappa shape index (κ2) is 4.24. The second-order valence-electron chi connectivity index (χ2n) is 4.66. The first kappa shape index (κ1) is 10.4. The van der Waals surface area contributed by atoms with Gasteiger partial charge in [-0.25, -0.2) is 0 Å². The minimum atomic E-state index is 0.440. The summed E-state index contributed by atoms with van der Waals surface area (Å²) in [5.41, 5.74) is 9.59. The Hall–Kier alpha value is -1.77. The fourth-order valence-corrected chi connectivity index (χ4v) is 2.49. The fraction of sp³-hybridized carbons (Fsp3) is 0.357. The van der Waals surface area contributed by atoms with Crippen molar-refractivity contribution in [2.75, 3.05) is 5.73 Å². The number of hydrogen-bond acceptors (Lipinski definition) is 3. The quantitative estimate of drug-likeness (QED) is 0.762. The molecule has 0 saturated heterocycles. The summed E-state index contributed by atoms with van der Waals surface area (Å²) in [6.45, 7) is 0. The highest BCUT2D eigenvalue weighted by Crippen LogP contribution is 2.27. The molecule has 0 bridgehead atoms. The van der Waals surface area contributed by atoms with Crippen LogP contribution in [0.25, 0.3) is 11.3 Å². The van der Waals surface area contributed by atoms with Crippen LogP contribution in [0.15, 0.2) is 28.8 Å².